The summed E-state index contributed by atoms with van der Waals surface area (Å²) in [6.45, 7) is 3.60. The fraction of sp³-hybridized carbons (Fsp3) is 0.857. The van der Waals surface area contributed by atoms with Crippen molar-refractivity contribution in [1.82, 2.24) is 5.32 Å². The lowest BCUT2D eigenvalue weighted by atomic mass is 9.81. The van der Waals surface area contributed by atoms with Gasteiger partial charge in [0.25, 0.3) is 0 Å². The Hall–Kier alpha value is -1.27. The van der Waals surface area contributed by atoms with Gasteiger partial charge in [0.1, 0.15) is 0 Å². The van der Waals surface area contributed by atoms with Gasteiger partial charge in [0.05, 0.1) is 12.3 Å². The molecule has 0 bridgehead atoms. The maximum absolute atomic E-state index is 12.6. The molecule has 0 aromatic heterocycles. The number of rotatable bonds is 5. The summed E-state index contributed by atoms with van der Waals surface area (Å²) >= 11 is 0. The van der Waals surface area contributed by atoms with Crippen LogP contribution in [0.2, 0.25) is 0 Å². The topological polar surface area (TPSA) is 66.4 Å². The minimum Gasteiger partial charge on any atom is -0.481 e. The molecular weight excluding hydrogens is 287 g/mol. The molecule has 1 saturated carbocycles. The van der Waals surface area contributed by atoms with Crippen molar-refractivity contribution in [2.24, 2.45) is 17.8 Å². The van der Waals surface area contributed by atoms with E-state index in [-0.39, 0.29) is 43.9 Å². The maximum atomic E-state index is 12.6. The molecule has 7 heteroatoms. The van der Waals surface area contributed by atoms with Crippen molar-refractivity contribution < 1.29 is 27.9 Å². The SMILES string of the molecule is CC(C)C(CC(=O)O)NC(=O)C1CCC(C(F)(F)F)CC1. The zero-order valence-corrected chi connectivity index (χ0v) is 12.2. The molecule has 1 atom stereocenters. The number of carbonyl (C=O) groups excluding carboxylic acids is 1. The van der Waals surface area contributed by atoms with Crippen molar-refractivity contribution in [3.05, 3.63) is 0 Å². The van der Waals surface area contributed by atoms with Gasteiger partial charge in [-0.2, -0.15) is 13.2 Å². The van der Waals surface area contributed by atoms with Crippen molar-refractivity contribution in [2.45, 2.75) is 58.2 Å². The van der Waals surface area contributed by atoms with Crippen LogP contribution >= 0.6 is 0 Å². The summed E-state index contributed by atoms with van der Waals surface area (Å²) in [5.41, 5.74) is 0. The number of halogens is 3. The Balaban J connectivity index is 2.51. The standard InChI is InChI=1S/C14H22F3NO3/c1-8(2)11(7-12(19)20)18-13(21)9-3-5-10(6-4-9)14(15,16)17/h8-11H,3-7H2,1-2H3,(H,18,21)(H,19,20). The molecule has 0 spiro atoms. The van der Waals surface area contributed by atoms with E-state index in [0.717, 1.165) is 0 Å². The predicted octanol–water partition coefficient (Wildman–Crippen LogP) is 2.97. The van der Waals surface area contributed by atoms with Crippen LogP contribution in [-0.4, -0.2) is 29.2 Å². The molecule has 0 saturated heterocycles. The summed E-state index contributed by atoms with van der Waals surface area (Å²) in [6, 6.07) is -0.490. The van der Waals surface area contributed by atoms with Crippen LogP contribution in [0.1, 0.15) is 46.0 Å². The number of aliphatic carboxylic acids is 1. The molecule has 1 unspecified atom stereocenters. The van der Waals surface area contributed by atoms with Gasteiger partial charge in [0.2, 0.25) is 5.91 Å². The molecule has 21 heavy (non-hydrogen) atoms. The van der Waals surface area contributed by atoms with Crippen molar-refractivity contribution in [2.75, 3.05) is 0 Å². The van der Waals surface area contributed by atoms with E-state index in [4.69, 9.17) is 5.11 Å². The summed E-state index contributed by atoms with van der Waals surface area (Å²) in [6.07, 6.45) is -4.03. The molecular formula is C14H22F3NO3. The Morgan fingerprint density at radius 2 is 1.71 bits per heavy atom. The zero-order valence-electron chi connectivity index (χ0n) is 12.2. The summed E-state index contributed by atoms with van der Waals surface area (Å²) in [5, 5.41) is 11.5. The van der Waals surface area contributed by atoms with E-state index < -0.39 is 30.0 Å². The fourth-order valence-electron chi connectivity index (χ4n) is 2.63. The lowest BCUT2D eigenvalue weighted by molar-refractivity contribution is -0.184. The van der Waals surface area contributed by atoms with Gasteiger partial charge in [-0.3, -0.25) is 9.59 Å². The summed E-state index contributed by atoms with van der Waals surface area (Å²) in [7, 11) is 0. The van der Waals surface area contributed by atoms with Crippen LogP contribution in [-0.2, 0) is 9.59 Å². The monoisotopic (exact) mass is 309 g/mol. The van der Waals surface area contributed by atoms with Gasteiger partial charge in [-0.15, -0.1) is 0 Å². The molecule has 0 aromatic carbocycles. The second kappa shape index (κ2) is 7.13. The van der Waals surface area contributed by atoms with E-state index in [1.807, 2.05) is 0 Å². The van der Waals surface area contributed by atoms with Crippen molar-refractivity contribution in [3.63, 3.8) is 0 Å². The fourth-order valence-corrected chi connectivity index (χ4v) is 2.63. The number of carbonyl (C=O) groups is 2. The van der Waals surface area contributed by atoms with Crippen LogP contribution in [0.5, 0.6) is 0 Å². The minimum atomic E-state index is -4.19. The molecule has 0 radical (unpaired) electrons. The Morgan fingerprint density at radius 3 is 2.10 bits per heavy atom. The average Bonchev–Trinajstić information content (AvgIpc) is 2.36. The van der Waals surface area contributed by atoms with Crippen molar-refractivity contribution >= 4 is 11.9 Å². The van der Waals surface area contributed by atoms with Gasteiger partial charge >= 0.3 is 12.1 Å². The number of nitrogens with one attached hydrogen (secondary N) is 1. The van der Waals surface area contributed by atoms with E-state index in [0.29, 0.717) is 0 Å². The molecule has 1 amide bonds. The summed E-state index contributed by atoms with van der Waals surface area (Å²) in [5.74, 6) is -3.14. The van der Waals surface area contributed by atoms with Crippen LogP contribution in [0.3, 0.4) is 0 Å². The third kappa shape index (κ3) is 5.55. The highest BCUT2D eigenvalue weighted by Gasteiger charge is 2.42. The number of carboxylic acid groups (broad SMARTS) is 1. The van der Waals surface area contributed by atoms with E-state index in [1.54, 1.807) is 13.8 Å². The lowest BCUT2D eigenvalue weighted by Gasteiger charge is -2.30. The molecule has 0 aliphatic heterocycles. The van der Waals surface area contributed by atoms with Crippen LogP contribution in [0.25, 0.3) is 0 Å². The highest BCUT2D eigenvalue weighted by atomic mass is 19.4. The molecule has 1 aliphatic rings. The molecule has 1 aliphatic carbocycles. The van der Waals surface area contributed by atoms with Gasteiger partial charge in [0, 0.05) is 12.0 Å². The molecule has 122 valence electrons. The smallest absolute Gasteiger partial charge is 0.391 e. The largest absolute Gasteiger partial charge is 0.481 e. The number of hydrogen-bond acceptors (Lipinski definition) is 2. The quantitative estimate of drug-likeness (QED) is 0.820. The summed E-state index contributed by atoms with van der Waals surface area (Å²) in [4.78, 5) is 22.8. The van der Waals surface area contributed by atoms with Crippen LogP contribution in [0, 0.1) is 17.8 Å². The number of carboxylic acids is 1. The molecule has 0 heterocycles. The molecule has 2 N–H and O–H groups in total. The van der Waals surface area contributed by atoms with Gasteiger partial charge in [-0.1, -0.05) is 13.8 Å². The Labute approximate surface area is 122 Å². The molecule has 0 aromatic rings. The second-order valence-corrected chi connectivity index (χ2v) is 6.05. The highest BCUT2D eigenvalue weighted by molar-refractivity contribution is 5.79. The summed E-state index contributed by atoms with van der Waals surface area (Å²) < 4.78 is 37.7. The highest BCUT2D eigenvalue weighted by Crippen LogP contribution is 2.39. The first kappa shape index (κ1) is 17.8. The zero-order chi connectivity index (χ0) is 16.2. The normalized spacial score (nSPS) is 24.7. The van der Waals surface area contributed by atoms with E-state index in [1.165, 1.54) is 0 Å². The molecule has 4 nitrogen and oxygen atoms in total. The number of alkyl halides is 3. The van der Waals surface area contributed by atoms with Gasteiger partial charge < -0.3 is 10.4 Å². The van der Waals surface area contributed by atoms with Crippen LogP contribution in [0.4, 0.5) is 13.2 Å². The first-order valence-corrected chi connectivity index (χ1v) is 7.20. The Morgan fingerprint density at radius 1 is 1.19 bits per heavy atom. The Bertz CT molecular complexity index is 374. The first-order valence-electron chi connectivity index (χ1n) is 7.20. The van der Waals surface area contributed by atoms with Crippen molar-refractivity contribution in [1.29, 1.82) is 0 Å². The first-order chi connectivity index (χ1) is 9.61. The minimum absolute atomic E-state index is 0.0349. The molecule has 1 rings (SSSR count). The lowest BCUT2D eigenvalue weighted by Crippen LogP contribution is -2.44. The third-order valence-electron chi connectivity index (χ3n) is 4.09. The van der Waals surface area contributed by atoms with Crippen molar-refractivity contribution in [3.8, 4) is 0 Å². The van der Waals surface area contributed by atoms with Gasteiger partial charge in [0.15, 0.2) is 0 Å². The van der Waals surface area contributed by atoms with E-state index in [2.05, 4.69) is 5.32 Å². The maximum Gasteiger partial charge on any atom is 0.391 e. The van der Waals surface area contributed by atoms with Crippen LogP contribution in [0.15, 0.2) is 0 Å². The van der Waals surface area contributed by atoms with Gasteiger partial charge in [-0.25, -0.2) is 0 Å². The van der Waals surface area contributed by atoms with E-state index >= 15 is 0 Å². The average molecular weight is 309 g/mol. The van der Waals surface area contributed by atoms with E-state index in [9.17, 15) is 22.8 Å². The third-order valence-corrected chi connectivity index (χ3v) is 4.09. The number of amides is 1. The second-order valence-electron chi connectivity index (χ2n) is 6.05. The number of hydrogen-bond donors (Lipinski definition) is 2. The van der Waals surface area contributed by atoms with Crippen LogP contribution < -0.4 is 5.32 Å². The molecule has 1 fully saturated rings. The predicted molar refractivity (Wildman–Crippen MR) is 70.5 cm³/mol. The Kier molecular flexibility index (Phi) is 6.04. The van der Waals surface area contributed by atoms with Gasteiger partial charge in [-0.05, 0) is 31.6 Å².